The molecule has 0 radical (unpaired) electrons. The average molecular weight is 273 g/mol. The molecule has 0 bridgehead atoms. The van der Waals surface area contributed by atoms with Gasteiger partial charge in [0, 0.05) is 17.0 Å². The summed E-state index contributed by atoms with van der Waals surface area (Å²) in [4.78, 5) is 1.17. The first-order valence-corrected chi connectivity index (χ1v) is 7.63. The van der Waals surface area contributed by atoms with Crippen LogP contribution in [0.25, 0.3) is 0 Å². The van der Waals surface area contributed by atoms with E-state index in [2.05, 4.69) is 31.4 Å². The van der Waals surface area contributed by atoms with E-state index >= 15 is 0 Å². The molecule has 19 heavy (non-hydrogen) atoms. The largest absolute Gasteiger partial charge is 0.457 e. The van der Waals surface area contributed by atoms with E-state index in [1.165, 1.54) is 10.5 Å². The lowest BCUT2D eigenvalue weighted by Crippen LogP contribution is -2.01. The third-order valence-electron chi connectivity index (χ3n) is 3.05. The minimum atomic E-state index is 0.486. The molecular weight excluding hydrogens is 254 g/mol. The standard InChI is InChI=1S/C16H19NOS/c1-3-12-6-4-7-13(10-12)18-15-8-5-9-16(19-2)14(15)11-17/h4-10H,3,11,17H2,1-2H3. The van der Waals surface area contributed by atoms with Crippen LogP contribution >= 0.6 is 11.8 Å². The zero-order chi connectivity index (χ0) is 13.7. The molecule has 3 heteroatoms. The molecule has 0 atom stereocenters. The van der Waals surface area contributed by atoms with Gasteiger partial charge in [0.05, 0.1) is 0 Å². The SMILES string of the molecule is CCc1cccc(Oc2cccc(SC)c2CN)c1. The summed E-state index contributed by atoms with van der Waals surface area (Å²) in [7, 11) is 0. The number of hydrogen-bond donors (Lipinski definition) is 1. The van der Waals surface area contributed by atoms with Gasteiger partial charge in [0.25, 0.3) is 0 Å². The summed E-state index contributed by atoms with van der Waals surface area (Å²) in [5.41, 5.74) is 8.18. The van der Waals surface area contributed by atoms with Crippen molar-refractivity contribution in [1.29, 1.82) is 0 Å². The average Bonchev–Trinajstić information content (AvgIpc) is 2.47. The van der Waals surface area contributed by atoms with Gasteiger partial charge >= 0.3 is 0 Å². The Labute approximate surface area is 119 Å². The van der Waals surface area contributed by atoms with Gasteiger partial charge in [0.1, 0.15) is 11.5 Å². The maximum absolute atomic E-state index is 5.99. The van der Waals surface area contributed by atoms with E-state index in [9.17, 15) is 0 Å². The van der Waals surface area contributed by atoms with Crippen molar-refractivity contribution in [3.63, 3.8) is 0 Å². The first kappa shape index (κ1) is 14.0. The Kier molecular flexibility index (Phi) is 4.88. The molecule has 0 saturated heterocycles. The maximum atomic E-state index is 5.99. The summed E-state index contributed by atoms with van der Waals surface area (Å²) in [6, 6.07) is 14.2. The highest BCUT2D eigenvalue weighted by Crippen LogP contribution is 2.32. The molecule has 0 spiro atoms. The van der Waals surface area contributed by atoms with Crippen LogP contribution in [0.15, 0.2) is 47.4 Å². The highest BCUT2D eigenvalue weighted by atomic mass is 32.2. The highest BCUT2D eigenvalue weighted by Gasteiger charge is 2.08. The van der Waals surface area contributed by atoms with Gasteiger partial charge in [0.2, 0.25) is 0 Å². The van der Waals surface area contributed by atoms with Gasteiger partial charge in [0.15, 0.2) is 0 Å². The highest BCUT2D eigenvalue weighted by molar-refractivity contribution is 7.98. The van der Waals surface area contributed by atoms with Crippen molar-refractivity contribution in [2.45, 2.75) is 24.8 Å². The quantitative estimate of drug-likeness (QED) is 0.828. The zero-order valence-electron chi connectivity index (χ0n) is 11.3. The predicted octanol–water partition coefficient (Wildman–Crippen LogP) is 4.22. The van der Waals surface area contributed by atoms with Gasteiger partial charge in [-0.15, -0.1) is 11.8 Å². The van der Waals surface area contributed by atoms with E-state index < -0.39 is 0 Å². The fourth-order valence-corrected chi connectivity index (χ4v) is 2.63. The van der Waals surface area contributed by atoms with E-state index in [0.717, 1.165) is 23.5 Å². The van der Waals surface area contributed by atoms with Gasteiger partial charge in [-0.2, -0.15) is 0 Å². The van der Waals surface area contributed by atoms with Gasteiger partial charge in [-0.3, -0.25) is 0 Å². The molecule has 2 aromatic carbocycles. The molecule has 2 rings (SSSR count). The molecule has 0 aliphatic heterocycles. The molecular formula is C16H19NOS. The molecule has 0 aromatic heterocycles. The summed E-state index contributed by atoms with van der Waals surface area (Å²) in [6.45, 7) is 2.62. The second-order valence-corrected chi connectivity index (χ2v) is 5.09. The van der Waals surface area contributed by atoms with Gasteiger partial charge in [-0.25, -0.2) is 0 Å². The fraction of sp³-hybridized carbons (Fsp3) is 0.250. The van der Waals surface area contributed by atoms with Crippen LogP contribution in [0.1, 0.15) is 18.1 Å². The Hall–Kier alpha value is -1.45. The topological polar surface area (TPSA) is 35.2 Å². The first-order chi connectivity index (χ1) is 9.28. The van der Waals surface area contributed by atoms with Gasteiger partial charge in [-0.05, 0) is 42.5 Å². The molecule has 2 N–H and O–H groups in total. The molecule has 0 saturated carbocycles. The van der Waals surface area contributed by atoms with E-state index in [0.29, 0.717) is 6.54 Å². The second-order valence-electron chi connectivity index (χ2n) is 4.24. The van der Waals surface area contributed by atoms with Crippen LogP contribution in [0.2, 0.25) is 0 Å². The summed E-state index contributed by atoms with van der Waals surface area (Å²) in [6.07, 6.45) is 3.06. The van der Waals surface area contributed by atoms with Gasteiger partial charge in [-0.1, -0.05) is 25.1 Å². The number of hydrogen-bond acceptors (Lipinski definition) is 3. The van der Waals surface area contributed by atoms with E-state index in [1.54, 1.807) is 11.8 Å². The molecule has 0 amide bonds. The molecule has 0 fully saturated rings. The van der Waals surface area contributed by atoms with Gasteiger partial charge < -0.3 is 10.5 Å². The normalized spacial score (nSPS) is 10.5. The summed E-state index contributed by atoms with van der Waals surface area (Å²) >= 11 is 1.69. The number of benzene rings is 2. The van der Waals surface area contributed by atoms with Crippen LogP contribution in [0.5, 0.6) is 11.5 Å². The Morgan fingerprint density at radius 3 is 2.63 bits per heavy atom. The number of nitrogens with two attached hydrogens (primary N) is 1. The van der Waals surface area contributed by atoms with Crippen LogP contribution in [-0.2, 0) is 13.0 Å². The molecule has 2 aromatic rings. The minimum Gasteiger partial charge on any atom is -0.457 e. The van der Waals surface area contributed by atoms with Crippen molar-refractivity contribution in [3.05, 3.63) is 53.6 Å². The van der Waals surface area contributed by atoms with E-state index in [-0.39, 0.29) is 0 Å². The molecule has 100 valence electrons. The van der Waals surface area contributed by atoms with Crippen molar-refractivity contribution in [2.75, 3.05) is 6.26 Å². The molecule has 0 unspecified atom stereocenters. The summed E-state index contributed by atoms with van der Waals surface area (Å²) < 4.78 is 5.99. The fourth-order valence-electron chi connectivity index (χ4n) is 1.99. The monoisotopic (exact) mass is 273 g/mol. The number of aryl methyl sites for hydroxylation is 1. The van der Waals surface area contributed by atoms with Crippen LogP contribution < -0.4 is 10.5 Å². The lowest BCUT2D eigenvalue weighted by molar-refractivity contribution is 0.473. The van der Waals surface area contributed by atoms with Crippen LogP contribution in [0.4, 0.5) is 0 Å². The van der Waals surface area contributed by atoms with E-state index in [1.807, 2.05) is 24.3 Å². The van der Waals surface area contributed by atoms with Crippen molar-refractivity contribution in [2.24, 2.45) is 5.73 Å². The Morgan fingerprint density at radius 1 is 1.16 bits per heavy atom. The lowest BCUT2D eigenvalue weighted by atomic mass is 10.1. The molecule has 2 nitrogen and oxygen atoms in total. The first-order valence-electron chi connectivity index (χ1n) is 6.41. The van der Waals surface area contributed by atoms with Crippen molar-refractivity contribution >= 4 is 11.8 Å². The van der Waals surface area contributed by atoms with Crippen LogP contribution in [0, 0.1) is 0 Å². The Bertz CT molecular complexity index is 554. The Morgan fingerprint density at radius 2 is 1.95 bits per heavy atom. The summed E-state index contributed by atoms with van der Waals surface area (Å²) in [5, 5.41) is 0. The predicted molar refractivity (Wildman–Crippen MR) is 82.0 cm³/mol. The lowest BCUT2D eigenvalue weighted by Gasteiger charge is -2.13. The summed E-state index contributed by atoms with van der Waals surface area (Å²) in [5.74, 6) is 1.72. The zero-order valence-corrected chi connectivity index (χ0v) is 12.2. The van der Waals surface area contributed by atoms with Crippen LogP contribution in [-0.4, -0.2) is 6.26 Å². The van der Waals surface area contributed by atoms with Crippen molar-refractivity contribution < 1.29 is 4.74 Å². The van der Waals surface area contributed by atoms with E-state index in [4.69, 9.17) is 10.5 Å². The maximum Gasteiger partial charge on any atom is 0.133 e. The smallest absolute Gasteiger partial charge is 0.133 e. The minimum absolute atomic E-state index is 0.486. The molecule has 0 heterocycles. The number of ether oxygens (including phenoxy) is 1. The number of rotatable bonds is 5. The Balaban J connectivity index is 2.32. The third kappa shape index (κ3) is 3.31. The second kappa shape index (κ2) is 6.64. The number of thioether (sulfide) groups is 1. The van der Waals surface area contributed by atoms with Crippen LogP contribution in [0.3, 0.4) is 0 Å². The third-order valence-corrected chi connectivity index (χ3v) is 3.87. The molecule has 0 aliphatic rings. The molecule has 0 aliphatic carbocycles. The van der Waals surface area contributed by atoms with Crippen molar-refractivity contribution in [1.82, 2.24) is 0 Å². The van der Waals surface area contributed by atoms with Crippen molar-refractivity contribution in [3.8, 4) is 11.5 Å².